The van der Waals surface area contributed by atoms with Gasteiger partial charge < -0.3 is 15.2 Å². The number of amides is 1. The van der Waals surface area contributed by atoms with Crippen LogP contribution in [0.3, 0.4) is 0 Å². The molecule has 7 nitrogen and oxygen atoms in total. The zero-order chi connectivity index (χ0) is 26.2. The van der Waals surface area contributed by atoms with Crippen LogP contribution in [0.25, 0.3) is 0 Å². The first kappa shape index (κ1) is 28.3. The number of aromatic nitrogens is 2. The van der Waals surface area contributed by atoms with Gasteiger partial charge in [0.1, 0.15) is 0 Å². The fourth-order valence-electron chi connectivity index (χ4n) is 4.12. The second-order valence-corrected chi connectivity index (χ2v) is 9.23. The molecule has 0 saturated heterocycles. The van der Waals surface area contributed by atoms with Gasteiger partial charge in [-0.2, -0.15) is 17.8 Å². The van der Waals surface area contributed by atoms with Gasteiger partial charge in [0.25, 0.3) is 11.5 Å². The third-order valence-corrected chi connectivity index (χ3v) is 6.32. The molecule has 0 radical (unpaired) electrons. The molecule has 1 N–H and O–H groups in total. The van der Waals surface area contributed by atoms with Gasteiger partial charge >= 0.3 is 6.18 Å². The largest absolute Gasteiger partial charge is 0.416 e. The average molecular weight is 556 g/mol. The molecule has 0 bridgehead atoms. The SMILES string of the molecule is CC(Nc1nc2c(c(=O)n1N(C)C)CN(C(=O)c1ccc(Cl)cc1)CC2)c1ccc(C(F)(F)F)cc1.Cl. The average Bonchev–Trinajstić information content (AvgIpc) is 2.83. The maximum Gasteiger partial charge on any atom is 0.416 e. The molecule has 4 rings (SSSR count). The molecular formula is C25H26Cl2F3N5O2. The number of rotatable bonds is 5. The van der Waals surface area contributed by atoms with Gasteiger partial charge in [0.15, 0.2) is 0 Å². The number of benzene rings is 2. The highest BCUT2D eigenvalue weighted by atomic mass is 35.5. The van der Waals surface area contributed by atoms with Crippen molar-refractivity contribution in [2.45, 2.75) is 32.1 Å². The normalized spacial score (nSPS) is 13.9. The number of nitrogens with one attached hydrogen (secondary N) is 1. The number of alkyl halides is 3. The molecule has 0 aliphatic carbocycles. The van der Waals surface area contributed by atoms with E-state index in [1.54, 1.807) is 55.2 Å². The molecule has 0 spiro atoms. The van der Waals surface area contributed by atoms with Gasteiger partial charge in [-0.1, -0.05) is 23.7 Å². The van der Waals surface area contributed by atoms with Gasteiger partial charge in [-0.15, -0.1) is 12.4 Å². The highest BCUT2D eigenvalue weighted by Crippen LogP contribution is 2.30. The molecule has 3 aromatic rings. The summed E-state index contributed by atoms with van der Waals surface area (Å²) in [5, 5.41) is 5.25. The number of halogens is 5. The van der Waals surface area contributed by atoms with Crippen LogP contribution in [0.1, 0.15) is 45.7 Å². The smallest absolute Gasteiger partial charge is 0.348 e. The molecule has 1 aromatic heterocycles. The van der Waals surface area contributed by atoms with Crippen molar-refractivity contribution in [3.63, 3.8) is 0 Å². The zero-order valence-corrected chi connectivity index (χ0v) is 21.9. The van der Waals surface area contributed by atoms with Crippen LogP contribution in [0.5, 0.6) is 0 Å². The third kappa shape index (κ3) is 6.02. The van der Waals surface area contributed by atoms with E-state index in [9.17, 15) is 22.8 Å². The third-order valence-electron chi connectivity index (χ3n) is 6.07. The number of fused-ring (bicyclic) bond motifs is 1. The van der Waals surface area contributed by atoms with Crippen LogP contribution in [-0.4, -0.2) is 41.1 Å². The number of hydrogen-bond acceptors (Lipinski definition) is 5. The summed E-state index contributed by atoms with van der Waals surface area (Å²) in [4.78, 5) is 32.7. The Morgan fingerprint density at radius 2 is 1.73 bits per heavy atom. The van der Waals surface area contributed by atoms with Crippen molar-refractivity contribution in [3.8, 4) is 0 Å². The van der Waals surface area contributed by atoms with Gasteiger partial charge in [0, 0.05) is 37.6 Å². The second-order valence-electron chi connectivity index (χ2n) is 8.79. The first-order chi connectivity index (χ1) is 17.0. The van der Waals surface area contributed by atoms with Crippen molar-refractivity contribution in [3.05, 3.63) is 91.9 Å². The lowest BCUT2D eigenvalue weighted by Gasteiger charge is -2.31. The zero-order valence-electron chi connectivity index (χ0n) is 20.3. The molecule has 198 valence electrons. The summed E-state index contributed by atoms with van der Waals surface area (Å²) in [6, 6.07) is 11.0. The lowest BCUT2D eigenvalue weighted by atomic mass is 10.0. The molecule has 0 fully saturated rings. The molecule has 1 amide bonds. The molecular weight excluding hydrogens is 530 g/mol. The fraction of sp³-hybridized carbons (Fsp3) is 0.320. The van der Waals surface area contributed by atoms with E-state index in [4.69, 9.17) is 11.6 Å². The van der Waals surface area contributed by atoms with E-state index in [1.165, 1.54) is 16.8 Å². The van der Waals surface area contributed by atoms with E-state index in [0.29, 0.717) is 40.4 Å². The molecule has 1 unspecified atom stereocenters. The Morgan fingerprint density at radius 3 is 2.30 bits per heavy atom. The van der Waals surface area contributed by atoms with Crippen molar-refractivity contribution < 1.29 is 18.0 Å². The summed E-state index contributed by atoms with van der Waals surface area (Å²) in [7, 11) is 3.37. The van der Waals surface area contributed by atoms with Crippen LogP contribution >= 0.6 is 24.0 Å². The predicted octanol–water partition coefficient (Wildman–Crippen LogP) is 4.91. The Hall–Kier alpha value is -3.24. The van der Waals surface area contributed by atoms with E-state index >= 15 is 0 Å². The van der Waals surface area contributed by atoms with Gasteiger partial charge in [-0.3, -0.25) is 9.59 Å². The minimum atomic E-state index is -4.41. The van der Waals surface area contributed by atoms with Gasteiger partial charge in [-0.05, 0) is 48.9 Å². The highest BCUT2D eigenvalue weighted by Gasteiger charge is 2.31. The molecule has 2 heterocycles. The van der Waals surface area contributed by atoms with Gasteiger partial charge in [-0.25, -0.2) is 4.98 Å². The Morgan fingerprint density at radius 1 is 1.11 bits per heavy atom. The Balaban J connectivity index is 0.00000380. The van der Waals surface area contributed by atoms with Crippen LogP contribution < -0.4 is 15.9 Å². The van der Waals surface area contributed by atoms with E-state index in [1.807, 2.05) is 0 Å². The molecule has 2 aromatic carbocycles. The Kier molecular flexibility index (Phi) is 8.44. The summed E-state index contributed by atoms with van der Waals surface area (Å²) >= 11 is 5.92. The topological polar surface area (TPSA) is 70.5 Å². The van der Waals surface area contributed by atoms with Gasteiger partial charge in [0.2, 0.25) is 5.95 Å². The maximum atomic E-state index is 13.5. The van der Waals surface area contributed by atoms with Crippen LogP contribution in [0.15, 0.2) is 53.3 Å². The number of carbonyl (C=O) groups is 1. The number of anilines is 1. The Labute approximate surface area is 223 Å². The quantitative estimate of drug-likeness (QED) is 0.484. The summed E-state index contributed by atoms with van der Waals surface area (Å²) in [5.41, 5.74) is 1.05. The summed E-state index contributed by atoms with van der Waals surface area (Å²) in [6.07, 6.45) is -4.02. The van der Waals surface area contributed by atoms with E-state index in [0.717, 1.165) is 12.1 Å². The number of hydrogen-bond donors (Lipinski definition) is 1. The van der Waals surface area contributed by atoms with Crippen molar-refractivity contribution in [2.75, 3.05) is 31.0 Å². The number of nitrogens with zero attached hydrogens (tertiary/aromatic N) is 4. The predicted molar refractivity (Wildman–Crippen MR) is 139 cm³/mol. The molecule has 1 aliphatic rings. The summed E-state index contributed by atoms with van der Waals surface area (Å²) < 4.78 is 40.1. The lowest BCUT2D eigenvalue weighted by molar-refractivity contribution is -0.137. The van der Waals surface area contributed by atoms with Crippen LogP contribution in [0.4, 0.5) is 19.1 Å². The fourth-order valence-corrected chi connectivity index (χ4v) is 4.24. The molecule has 1 aliphatic heterocycles. The van der Waals surface area contributed by atoms with Crippen LogP contribution in [0.2, 0.25) is 5.02 Å². The summed E-state index contributed by atoms with van der Waals surface area (Å²) in [5.74, 6) is 0.0693. The minimum Gasteiger partial charge on any atom is -0.348 e. The monoisotopic (exact) mass is 555 g/mol. The first-order valence-electron chi connectivity index (χ1n) is 11.3. The maximum absolute atomic E-state index is 13.5. The van der Waals surface area contributed by atoms with Crippen LogP contribution in [0, 0.1) is 0 Å². The highest BCUT2D eigenvalue weighted by molar-refractivity contribution is 6.30. The van der Waals surface area contributed by atoms with E-state index in [-0.39, 0.29) is 36.4 Å². The van der Waals surface area contributed by atoms with Crippen molar-refractivity contribution >= 4 is 35.9 Å². The van der Waals surface area contributed by atoms with Crippen LogP contribution in [-0.2, 0) is 19.1 Å². The van der Waals surface area contributed by atoms with Gasteiger partial charge in [0.05, 0.1) is 29.4 Å². The molecule has 37 heavy (non-hydrogen) atoms. The van der Waals surface area contributed by atoms with E-state index < -0.39 is 17.8 Å². The number of carbonyl (C=O) groups excluding carboxylic acids is 1. The van der Waals surface area contributed by atoms with Crippen molar-refractivity contribution in [1.82, 2.24) is 14.6 Å². The van der Waals surface area contributed by atoms with Crippen molar-refractivity contribution in [2.24, 2.45) is 0 Å². The lowest BCUT2D eigenvalue weighted by Crippen LogP contribution is -2.45. The molecule has 1 atom stereocenters. The second kappa shape index (κ2) is 11.0. The van der Waals surface area contributed by atoms with E-state index in [2.05, 4.69) is 10.3 Å². The first-order valence-corrected chi connectivity index (χ1v) is 11.6. The van der Waals surface area contributed by atoms with Crippen molar-refractivity contribution in [1.29, 1.82) is 0 Å². The molecule has 0 saturated carbocycles. The molecule has 12 heteroatoms. The summed E-state index contributed by atoms with van der Waals surface area (Å²) in [6.45, 7) is 2.28. The Bertz CT molecular complexity index is 1330. The minimum absolute atomic E-state index is 0. The standard InChI is InChI=1S/C25H25ClF3N5O2.ClH/c1-15(16-4-8-18(9-5-16)25(27,28)29)30-24-31-21-12-13-33(14-20(21)23(36)34(24)32(2)3)22(35)17-6-10-19(26)11-7-17;/h4-11,15H,12-14H2,1-3H3,(H,30,31);1H.